The molecule has 1 aromatic heterocycles. The summed E-state index contributed by atoms with van der Waals surface area (Å²) in [6, 6.07) is -0.949. The third kappa shape index (κ3) is 10.7. The van der Waals surface area contributed by atoms with Gasteiger partial charge in [-0.15, -0.1) is 0 Å². The number of carbonyl (C=O) groups is 2. The van der Waals surface area contributed by atoms with Gasteiger partial charge in [0, 0.05) is 34.3 Å². The summed E-state index contributed by atoms with van der Waals surface area (Å²) in [5.41, 5.74) is -3.71. The van der Waals surface area contributed by atoms with Crippen LogP contribution in [0.1, 0.15) is 45.6 Å². The lowest BCUT2D eigenvalue weighted by Crippen LogP contribution is -2.44. The molecule has 0 spiro atoms. The molecule has 2 N–H and O–H groups in total. The van der Waals surface area contributed by atoms with Crippen LogP contribution in [0.4, 0.5) is 23.7 Å². The third-order valence-electron chi connectivity index (χ3n) is 6.05. The van der Waals surface area contributed by atoms with E-state index in [2.05, 4.69) is 30.1 Å². The van der Waals surface area contributed by atoms with Crippen LogP contribution in [-0.2, 0) is 31.9 Å². The van der Waals surface area contributed by atoms with E-state index in [-0.39, 0.29) is 38.6 Å². The van der Waals surface area contributed by atoms with Gasteiger partial charge in [-0.1, -0.05) is 19.6 Å². The largest absolute Gasteiger partial charge is 0.480 e. The van der Waals surface area contributed by atoms with E-state index in [1.807, 2.05) is 0 Å². The van der Waals surface area contributed by atoms with Crippen molar-refractivity contribution in [3.05, 3.63) is 22.1 Å². The summed E-state index contributed by atoms with van der Waals surface area (Å²) in [4.78, 5) is 37.7. The number of carboxylic acid groups (broad SMARTS) is 1. The van der Waals surface area contributed by atoms with Gasteiger partial charge in [-0.3, -0.25) is 4.79 Å². The highest BCUT2D eigenvalue weighted by molar-refractivity contribution is 6.76. The Kier molecular flexibility index (Phi) is 11.6. The van der Waals surface area contributed by atoms with Crippen molar-refractivity contribution in [3.63, 3.8) is 0 Å². The SMILES string of the molecule is CC(C)(C)OC(=O)N[C@@H](CCOC[C@@H]1CCCN1c1cnn(COCC[Si](C)(C)C)c(=O)c1C(F)(F)F)C(=O)O. The van der Waals surface area contributed by atoms with E-state index in [1.54, 1.807) is 20.8 Å². The Morgan fingerprint density at radius 1 is 1.20 bits per heavy atom. The molecule has 1 fully saturated rings. The maximum atomic E-state index is 14.1. The van der Waals surface area contributed by atoms with Crippen molar-refractivity contribution in [2.45, 2.75) is 96.3 Å². The highest BCUT2D eigenvalue weighted by atomic mass is 28.3. The van der Waals surface area contributed by atoms with E-state index in [1.165, 1.54) is 4.90 Å². The second-order valence-corrected chi connectivity index (χ2v) is 17.6. The zero-order valence-corrected chi connectivity index (χ0v) is 25.0. The van der Waals surface area contributed by atoms with Gasteiger partial charge in [0.1, 0.15) is 23.9 Å². The summed E-state index contributed by atoms with van der Waals surface area (Å²) in [6.07, 6.45) is -3.75. The van der Waals surface area contributed by atoms with Crippen molar-refractivity contribution in [1.82, 2.24) is 15.1 Å². The van der Waals surface area contributed by atoms with Crippen LogP contribution >= 0.6 is 0 Å². The maximum absolute atomic E-state index is 14.1. The first kappa shape index (κ1) is 33.6. The first-order chi connectivity index (χ1) is 18.4. The van der Waals surface area contributed by atoms with Crippen LogP contribution in [0.5, 0.6) is 0 Å². The number of ether oxygens (including phenoxy) is 3. The molecule has 228 valence electrons. The number of alkyl halides is 3. The minimum Gasteiger partial charge on any atom is -0.480 e. The molecule has 0 saturated carbocycles. The van der Waals surface area contributed by atoms with Gasteiger partial charge in [0.15, 0.2) is 0 Å². The Hall–Kier alpha value is -2.65. The van der Waals surface area contributed by atoms with Gasteiger partial charge in [-0.2, -0.15) is 18.3 Å². The maximum Gasteiger partial charge on any atom is 0.423 e. The Morgan fingerprint density at radius 2 is 1.88 bits per heavy atom. The van der Waals surface area contributed by atoms with Gasteiger partial charge >= 0.3 is 18.2 Å². The number of carbonyl (C=O) groups excluding carboxylic acids is 1. The summed E-state index contributed by atoms with van der Waals surface area (Å²) in [7, 11) is -1.41. The fourth-order valence-electron chi connectivity index (χ4n) is 4.04. The van der Waals surface area contributed by atoms with Crippen molar-refractivity contribution in [2.24, 2.45) is 0 Å². The van der Waals surface area contributed by atoms with Crippen molar-refractivity contribution >= 4 is 25.8 Å². The van der Waals surface area contributed by atoms with Crippen molar-refractivity contribution in [3.8, 4) is 0 Å². The molecule has 0 unspecified atom stereocenters. The molecule has 1 aliphatic heterocycles. The number of rotatable bonds is 13. The van der Waals surface area contributed by atoms with Crippen molar-refractivity contribution in [1.29, 1.82) is 0 Å². The number of amides is 1. The number of nitrogens with zero attached hydrogens (tertiary/aromatic N) is 3. The third-order valence-corrected chi connectivity index (χ3v) is 7.76. The highest BCUT2D eigenvalue weighted by Gasteiger charge is 2.41. The molecular formula is C25H41F3N4O7Si. The molecule has 15 heteroatoms. The van der Waals surface area contributed by atoms with E-state index in [0.29, 0.717) is 24.1 Å². The Bertz CT molecular complexity index is 1070. The minimum absolute atomic E-state index is 0.00103. The van der Waals surface area contributed by atoms with Crippen LogP contribution in [0.3, 0.4) is 0 Å². The van der Waals surface area contributed by atoms with Gasteiger partial charge in [-0.05, 0) is 39.7 Å². The quantitative estimate of drug-likeness (QED) is 0.258. The van der Waals surface area contributed by atoms with Gasteiger partial charge in [0.2, 0.25) is 0 Å². The number of halogens is 3. The summed E-state index contributed by atoms with van der Waals surface area (Å²) in [6.45, 7) is 11.5. The highest BCUT2D eigenvalue weighted by Crippen LogP contribution is 2.36. The topological polar surface area (TPSA) is 132 Å². The summed E-state index contributed by atoms with van der Waals surface area (Å²) < 4.78 is 59.0. The van der Waals surface area contributed by atoms with Gasteiger partial charge in [0.25, 0.3) is 5.56 Å². The Labute approximate surface area is 233 Å². The van der Waals surface area contributed by atoms with Crippen molar-refractivity contribution in [2.75, 3.05) is 31.3 Å². The molecule has 0 radical (unpaired) electrons. The van der Waals surface area contributed by atoms with E-state index in [4.69, 9.17) is 14.2 Å². The summed E-state index contributed by atoms with van der Waals surface area (Å²) in [5.74, 6) is -1.28. The normalized spacial score (nSPS) is 17.1. The van der Waals surface area contributed by atoms with Crippen LogP contribution in [0.25, 0.3) is 0 Å². The number of alkyl carbamates (subject to hydrolysis) is 1. The van der Waals surface area contributed by atoms with E-state index < -0.39 is 55.1 Å². The Balaban J connectivity index is 2.06. The fraction of sp³-hybridized carbons (Fsp3) is 0.760. The lowest BCUT2D eigenvalue weighted by Gasteiger charge is -2.29. The number of aromatic nitrogens is 2. The second kappa shape index (κ2) is 13.8. The molecule has 1 amide bonds. The zero-order chi connectivity index (χ0) is 30.3. The first-order valence-corrected chi connectivity index (χ1v) is 16.9. The molecule has 1 aliphatic rings. The lowest BCUT2D eigenvalue weighted by atomic mass is 10.2. The molecule has 0 bridgehead atoms. The van der Waals surface area contributed by atoms with E-state index in [9.17, 15) is 32.7 Å². The molecule has 2 atom stereocenters. The average molecular weight is 595 g/mol. The number of aliphatic carboxylic acids is 1. The summed E-state index contributed by atoms with van der Waals surface area (Å²) in [5, 5.41) is 15.6. The molecule has 1 aromatic rings. The lowest BCUT2D eigenvalue weighted by molar-refractivity contribution is -0.140. The number of carboxylic acids is 1. The minimum atomic E-state index is -4.91. The average Bonchev–Trinajstić information content (AvgIpc) is 3.24. The second-order valence-electron chi connectivity index (χ2n) is 11.9. The van der Waals surface area contributed by atoms with Crippen LogP contribution in [-0.4, -0.2) is 79.1 Å². The number of hydrogen-bond donors (Lipinski definition) is 2. The zero-order valence-electron chi connectivity index (χ0n) is 24.0. The number of anilines is 1. The standard InChI is InChI=1S/C25H41F3N4O7Si/c1-24(2,3)39-23(36)30-18(22(34)35)9-11-37-15-17-8-7-10-31(17)19-14-29-32(16-38-12-13-40(4,5)6)21(33)20(19)25(26,27)28/h14,17-18H,7-13,15-16H2,1-6H3,(H,30,36)(H,34,35)/t17-,18-/m0/s1. The number of nitrogens with one attached hydrogen (secondary N) is 1. The molecule has 11 nitrogen and oxygen atoms in total. The molecule has 1 saturated heterocycles. The summed E-state index contributed by atoms with van der Waals surface area (Å²) >= 11 is 0. The molecule has 0 aromatic carbocycles. The van der Waals surface area contributed by atoms with Crippen LogP contribution in [0.15, 0.2) is 11.0 Å². The van der Waals surface area contributed by atoms with E-state index >= 15 is 0 Å². The first-order valence-electron chi connectivity index (χ1n) is 13.2. The van der Waals surface area contributed by atoms with Gasteiger partial charge < -0.3 is 29.5 Å². The van der Waals surface area contributed by atoms with Crippen molar-refractivity contribution < 1.29 is 42.1 Å². The molecule has 2 rings (SSSR count). The van der Waals surface area contributed by atoms with Gasteiger partial charge in [-0.25, -0.2) is 14.3 Å². The molecular weight excluding hydrogens is 553 g/mol. The van der Waals surface area contributed by atoms with Crippen LogP contribution in [0.2, 0.25) is 25.7 Å². The fourth-order valence-corrected chi connectivity index (χ4v) is 4.80. The van der Waals surface area contributed by atoms with Gasteiger partial charge in [0.05, 0.1) is 24.5 Å². The number of hydrogen-bond acceptors (Lipinski definition) is 8. The molecule has 40 heavy (non-hydrogen) atoms. The van der Waals surface area contributed by atoms with Crippen LogP contribution in [0, 0.1) is 0 Å². The monoisotopic (exact) mass is 594 g/mol. The van der Waals surface area contributed by atoms with E-state index in [0.717, 1.165) is 12.2 Å². The predicted octanol–water partition coefficient (Wildman–Crippen LogP) is 3.93. The Morgan fingerprint density at radius 3 is 2.45 bits per heavy atom. The predicted molar refractivity (Wildman–Crippen MR) is 144 cm³/mol. The van der Waals surface area contributed by atoms with Crippen LogP contribution < -0.4 is 15.8 Å². The molecule has 2 heterocycles. The molecule has 0 aliphatic carbocycles. The smallest absolute Gasteiger partial charge is 0.423 e.